The molecular weight excluding hydrogens is 376 g/mol. The lowest BCUT2D eigenvalue weighted by Gasteiger charge is -2.13. The Morgan fingerprint density at radius 2 is 1.74 bits per heavy atom. The summed E-state index contributed by atoms with van der Waals surface area (Å²) in [6.07, 6.45) is 0. The highest BCUT2D eigenvalue weighted by atomic mass is 32.2. The van der Waals surface area contributed by atoms with Crippen LogP contribution in [0.4, 0.5) is 11.4 Å². The zero-order valence-corrected chi connectivity index (χ0v) is 16.7. The lowest BCUT2D eigenvalue weighted by atomic mass is 10.2. The van der Waals surface area contributed by atoms with Crippen LogP contribution in [0.2, 0.25) is 0 Å². The van der Waals surface area contributed by atoms with E-state index in [2.05, 4.69) is 10.6 Å². The summed E-state index contributed by atoms with van der Waals surface area (Å²) in [4.78, 5) is 26.1. The molecule has 27 heavy (non-hydrogen) atoms. The van der Waals surface area contributed by atoms with Gasteiger partial charge in [-0.3, -0.25) is 9.59 Å². The first-order chi connectivity index (χ1) is 13.0. The molecule has 6 heteroatoms. The molecule has 0 bridgehead atoms. The Morgan fingerprint density at radius 3 is 2.41 bits per heavy atom. The van der Waals surface area contributed by atoms with Gasteiger partial charge < -0.3 is 10.6 Å². The molecule has 0 radical (unpaired) electrons. The van der Waals surface area contributed by atoms with Crippen molar-refractivity contribution in [2.45, 2.75) is 24.0 Å². The average Bonchev–Trinajstić information content (AvgIpc) is 3.18. The summed E-state index contributed by atoms with van der Waals surface area (Å²) in [5.41, 5.74) is 2.64. The first-order valence-corrected chi connectivity index (χ1v) is 10.3. The Morgan fingerprint density at radius 1 is 0.963 bits per heavy atom. The van der Waals surface area contributed by atoms with Crippen LogP contribution >= 0.6 is 23.1 Å². The van der Waals surface area contributed by atoms with Crippen LogP contribution in [0.15, 0.2) is 70.9 Å². The number of rotatable bonds is 6. The third-order valence-electron chi connectivity index (χ3n) is 3.82. The van der Waals surface area contributed by atoms with Gasteiger partial charge in [-0.15, -0.1) is 23.1 Å². The summed E-state index contributed by atoms with van der Waals surface area (Å²) in [5.74, 6) is -0.156. The third kappa shape index (κ3) is 5.45. The van der Waals surface area contributed by atoms with Crippen LogP contribution in [-0.2, 0) is 4.79 Å². The third-order valence-corrected chi connectivity index (χ3v) is 5.81. The molecule has 0 saturated heterocycles. The number of carbonyl (C=O) groups excluding carboxylic acids is 2. The monoisotopic (exact) mass is 396 g/mol. The fraction of sp³-hybridized carbons (Fsp3) is 0.143. The number of aryl methyl sites for hydroxylation is 1. The first-order valence-electron chi connectivity index (χ1n) is 8.50. The smallest absolute Gasteiger partial charge is 0.265 e. The quantitative estimate of drug-likeness (QED) is 0.546. The van der Waals surface area contributed by atoms with Gasteiger partial charge in [0.2, 0.25) is 5.91 Å². The fourth-order valence-electron chi connectivity index (χ4n) is 2.44. The maximum Gasteiger partial charge on any atom is 0.265 e. The Hall–Kier alpha value is -2.57. The van der Waals surface area contributed by atoms with Crippen LogP contribution in [-0.4, -0.2) is 17.1 Å². The number of thioether (sulfide) groups is 1. The van der Waals surface area contributed by atoms with E-state index in [9.17, 15) is 9.59 Å². The SMILES string of the molecule is Cc1cccc(NC(=O)C(C)Sc2ccc(NC(=O)c3cccs3)cc2)c1. The Labute approximate surface area is 167 Å². The predicted molar refractivity (Wildman–Crippen MR) is 114 cm³/mol. The van der Waals surface area contributed by atoms with Crippen molar-refractivity contribution in [1.29, 1.82) is 0 Å². The minimum atomic E-state index is -0.239. The first kappa shape index (κ1) is 19.2. The van der Waals surface area contributed by atoms with E-state index in [4.69, 9.17) is 0 Å². The number of benzene rings is 2. The molecule has 0 aliphatic carbocycles. The normalized spacial score (nSPS) is 11.6. The van der Waals surface area contributed by atoms with E-state index < -0.39 is 0 Å². The molecule has 2 aromatic carbocycles. The number of thiophene rings is 1. The minimum Gasteiger partial charge on any atom is -0.325 e. The van der Waals surface area contributed by atoms with E-state index >= 15 is 0 Å². The molecule has 0 aliphatic rings. The van der Waals surface area contributed by atoms with E-state index in [0.29, 0.717) is 4.88 Å². The number of hydrogen-bond donors (Lipinski definition) is 2. The molecule has 2 N–H and O–H groups in total. The molecule has 0 saturated carbocycles. The Balaban J connectivity index is 1.55. The van der Waals surface area contributed by atoms with Crippen LogP contribution in [0.5, 0.6) is 0 Å². The molecule has 1 unspecified atom stereocenters. The minimum absolute atomic E-state index is 0.0410. The van der Waals surface area contributed by atoms with Crippen LogP contribution in [0.25, 0.3) is 0 Å². The van der Waals surface area contributed by atoms with Gasteiger partial charge in [0, 0.05) is 16.3 Å². The van der Waals surface area contributed by atoms with E-state index in [1.54, 1.807) is 6.07 Å². The largest absolute Gasteiger partial charge is 0.325 e. The highest BCUT2D eigenvalue weighted by Gasteiger charge is 2.15. The van der Waals surface area contributed by atoms with Gasteiger partial charge in [-0.05, 0) is 67.3 Å². The number of nitrogens with one attached hydrogen (secondary N) is 2. The molecule has 1 heterocycles. The standard InChI is InChI=1S/C21H20N2O2S2/c1-14-5-3-6-17(13-14)23-20(24)15(2)27-18-10-8-16(9-11-18)22-21(25)19-7-4-12-26-19/h3-13,15H,1-2H3,(H,22,25)(H,23,24). The highest BCUT2D eigenvalue weighted by Crippen LogP contribution is 2.26. The highest BCUT2D eigenvalue weighted by molar-refractivity contribution is 8.00. The van der Waals surface area contributed by atoms with Gasteiger partial charge >= 0.3 is 0 Å². The summed E-state index contributed by atoms with van der Waals surface area (Å²) >= 11 is 2.88. The maximum atomic E-state index is 12.4. The predicted octanol–water partition coefficient (Wildman–Crippen LogP) is 5.43. The molecule has 138 valence electrons. The van der Waals surface area contributed by atoms with Crippen molar-refractivity contribution in [2.75, 3.05) is 10.6 Å². The summed E-state index contributed by atoms with van der Waals surface area (Å²) in [6, 6.07) is 18.9. The molecule has 0 spiro atoms. The van der Waals surface area contributed by atoms with Gasteiger partial charge in [0.25, 0.3) is 5.91 Å². The van der Waals surface area contributed by atoms with E-state index in [0.717, 1.165) is 21.8 Å². The average molecular weight is 397 g/mol. The molecule has 0 aliphatic heterocycles. The molecule has 0 fully saturated rings. The van der Waals surface area contributed by atoms with Crippen molar-refractivity contribution in [2.24, 2.45) is 0 Å². The molecule has 3 aromatic rings. The van der Waals surface area contributed by atoms with Crippen LogP contribution in [0.1, 0.15) is 22.2 Å². The summed E-state index contributed by atoms with van der Waals surface area (Å²) in [5, 5.41) is 7.44. The Bertz CT molecular complexity index is 922. The fourth-order valence-corrected chi connectivity index (χ4v) is 3.93. The zero-order valence-electron chi connectivity index (χ0n) is 15.1. The molecular formula is C21H20N2O2S2. The van der Waals surface area contributed by atoms with Crippen LogP contribution in [0.3, 0.4) is 0 Å². The van der Waals surface area contributed by atoms with E-state index in [1.807, 2.05) is 73.8 Å². The summed E-state index contributed by atoms with van der Waals surface area (Å²) in [7, 11) is 0. The second kappa shape index (κ2) is 8.88. The lowest BCUT2D eigenvalue weighted by molar-refractivity contribution is -0.115. The molecule has 4 nitrogen and oxygen atoms in total. The van der Waals surface area contributed by atoms with Gasteiger partial charge in [-0.1, -0.05) is 18.2 Å². The van der Waals surface area contributed by atoms with Gasteiger partial charge in [-0.2, -0.15) is 0 Å². The second-order valence-electron chi connectivity index (χ2n) is 6.07. The van der Waals surface area contributed by atoms with E-state index in [-0.39, 0.29) is 17.1 Å². The maximum absolute atomic E-state index is 12.4. The topological polar surface area (TPSA) is 58.2 Å². The van der Waals surface area contributed by atoms with Crippen molar-refractivity contribution in [3.63, 3.8) is 0 Å². The van der Waals surface area contributed by atoms with Crippen molar-refractivity contribution in [3.8, 4) is 0 Å². The van der Waals surface area contributed by atoms with Crippen molar-refractivity contribution >= 4 is 46.3 Å². The lowest BCUT2D eigenvalue weighted by Crippen LogP contribution is -2.22. The Kier molecular flexibility index (Phi) is 6.32. The number of carbonyl (C=O) groups is 2. The molecule has 1 atom stereocenters. The van der Waals surface area contributed by atoms with Crippen LogP contribution < -0.4 is 10.6 Å². The summed E-state index contributed by atoms with van der Waals surface area (Å²) < 4.78 is 0. The van der Waals surface area contributed by atoms with Gasteiger partial charge in [0.05, 0.1) is 10.1 Å². The molecule has 2 amide bonds. The second-order valence-corrected chi connectivity index (χ2v) is 8.44. The van der Waals surface area contributed by atoms with Gasteiger partial charge in [0.1, 0.15) is 0 Å². The van der Waals surface area contributed by atoms with Crippen molar-refractivity contribution in [1.82, 2.24) is 0 Å². The van der Waals surface area contributed by atoms with Gasteiger partial charge in [0.15, 0.2) is 0 Å². The van der Waals surface area contributed by atoms with E-state index in [1.165, 1.54) is 23.1 Å². The van der Waals surface area contributed by atoms with Crippen molar-refractivity contribution in [3.05, 3.63) is 76.5 Å². The van der Waals surface area contributed by atoms with Crippen molar-refractivity contribution < 1.29 is 9.59 Å². The number of hydrogen-bond acceptors (Lipinski definition) is 4. The molecule has 3 rings (SSSR count). The number of anilines is 2. The zero-order chi connectivity index (χ0) is 19.2. The van der Waals surface area contributed by atoms with Crippen LogP contribution in [0, 0.1) is 6.92 Å². The van der Waals surface area contributed by atoms with Gasteiger partial charge in [-0.25, -0.2) is 0 Å². The molecule has 1 aromatic heterocycles. The number of amides is 2. The summed E-state index contributed by atoms with van der Waals surface area (Å²) in [6.45, 7) is 3.87.